The van der Waals surface area contributed by atoms with E-state index >= 15 is 0 Å². The number of anilines is 2. The first-order valence-corrected chi connectivity index (χ1v) is 13.8. The van der Waals surface area contributed by atoms with Gasteiger partial charge in [0.25, 0.3) is 0 Å². The summed E-state index contributed by atoms with van der Waals surface area (Å²) < 4.78 is 27.6. The summed E-state index contributed by atoms with van der Waals surface area (Å²) in [4.78, 5) is 15.2. The van der Waals surface area contributed by atoms with E-state index in [2.05, 4.69) is 10.2 Å². The zero-order valence-corrected chi connectivity index (χ0v) is 21.2. The highest BCUT2D eigenvalue weighted by atomic mass is 32.2. The van der Waals surface area contributed by atoms with Crippen LogP contribution >= 0.6 is 11.8 Å². The van der Waals surface area contributed by atoms with Gasteiger partial charge in [0.05, 0.1) is 10.6 Å². The van der Waals surface area contributed by atoms with Crippen molar-refractivity contribution in [2.45, 2.75) is 36.2 Å². The third-order valence-electron chi connectivity index (χ3n) is 5.41. The van der Waals surface area contributed by atoms with Gasteiger partial charge in [0.15, 0.2) is 15.0 Å². The van der Waals surface area contributed by atoms with Crippen LogP contribution in [-0.2, 0) is 26.9 Å². The Kier molecular flexibility index (Phi) is 7.67. The number of nitrogens with zero attached hydrogens (tertiary/aromatic N) is 4. The van der Waals surface area contributed by atoms with Crippen LogP contribution in [0.25, 0.3) is 0 Å². The highest BCUT2D eigenvalue weighted by molar-refractivity contribution is 7.99. The minimum atomic E-state index is -3.57. The molecule has 3 aromatic carbocycles. The summed E-state index contributed by atoms with van der Waals surface area (Å²) >= 11 is 1.25. The summed E-state index contributed by atoms with van der Waals surface area (Å²) in [7, 11) is -3.57. The van der Waals surface area contributed by atoms with E-state index in [9.17, 15) is 13.2 Å². The SMILES string of the molecule is CCn1c(CS(=O)(=O)c2ccc(C)cc2)nnc1SCC(=O)N(c1ccccc1)c1ccccc1. The van der Waals surface area contributed by atoms with Crippen molar-refractivity contribution in [2.75, 3.05) is 10.7 Å². The molecule has 0 unspecified atom stereocenters. The second-order valence-electron chi connectivity index (χ2n) is 7.90. The number of aryl methyl sites for hydroxylation is 1. The van der Waals surface area contributed by atoms with Crippen molar-refractivity contribution in [3.63, 3.8) is 0 Å². The van der Waals surface area contributed by atoms with Crippen molar-refractivity contribution in [1.29, 1.82) is 0 Å². The Balaban J connectivity index is 1.52. The molecular formula is C26H26N4O3S2. The van der Waals surface area contributed by atoms with E-state index in [1.165, 1.54) is 11.8 Å². The van der Waals surface area contributed by atoms with Gasteiger partial charge < -0.3 is 4.57 Å². The maximum Gasteiger partial charge on any atom is 0.242 e. The van der Waals surface area contributed by atoms with Gasteiger partial charge in [0.1, 0.15) is 11.6 Å². The van der Waals surface area contributed by atoms with Gasteiger partial charge in [-0.2, -0.15) is 0 Å². The van der Waals surface area contributed by atoms with Crippen molar-refractivity contribution in [2.24, 2.45) is 0 Å². The first kappa shape index (κ1) is 24.7. The molecule has 4 aromatic rings. The molecule has 35 heavy (non-hydrogen) atoms. The first-order chi connectivity index (χ1) is 16.9. The van der Waals surface area contributed by atoms with Gasteiger partial charge in [-0.3, -0.25) is 9.69 Å². The average Bonchev–Trinajstić information content (AvgIpc) is 3.25. The molecule has 0 saturated carbocycles. The number of hydrogen-bond acceptors (Lipinski definition) is 6. The fourth-order valence-electron chi connectivity index (χ4n) is 3.63. The second-order valence-corrected chi connectivity index (χ2v) is 10.8. The van der Waals surface area contributed by atoms with Crippen molar-refractivity contribution < 1.29 is 13.2 Å². The summed E-state index contributed by atoms with van der Waals surface area (Å²) in [5.41, 5.74) is 2.53. The summed E-state index contributed by atoms with van der Waals surface area (Å²) in [5.74, 6) is 0.0935. The maximum atomic E-state index is 13.3. The minimum Gasteiger partial charge on any atom is -0.305 e. The monoisotopic (exact) mass is 506 g/mol. The van der Waals surface area contributed by atoms with E-state index in [4.69, 9.17) is 0 Å². The predicted molar refractivity (Wildman–Crippen MR) is 139 cm³/mol. The Labute approximate surface area is 209 Å². The van der Waals surface area contributed by atoms with E-state index in [0.717, 1.165) is 16.9 Å². The zero-order chi connectivity index (χ0) is 24.8. The van der Waals surface area contributed by atoms with E-state index in [-0.39, 0.29) is 22.3 Å². The van der Waals surface area contributed by atoms with Crippen LogP contribution in [0.15, 0.2) is 95.0 Å². The van der Waals surface area contributed by atoms with Gasteiger partial charge in [-0.15, -0.1) is 10.2 Å². The quantitative estimate of drug-likeness (QED) is 0.296. The molecule has 0 fully saturated rings. The second kappa shape index (κ2) is 10.9. The van der Waals surface area contributed by atoms with E-state index in [0.29, 0.717) is 17.5 Å². The lowest BCUT2D eigenvalue weighted by atomic mass is 10.2. The minimum absolute atomic E-state index is 0.118. The predicted octanol–water partition coefficient (Wildman–Crippen LogP) is 5.04. The number of thioether (sulfide) groups is 1. The number of amides is 1. The topological polar surface area (TPSA) is 85.2 Å². The lowest BCUT2D eigenvalue weighted by Gasteiger charge is -2.23. The zero-order valence-electron chi connectivity index (χ0n) is 19.5. The van der Waals surface area contributed by atoms with Crippen LogP contribution in [0.4, 0.5) is 11.4 Å². The molecule has 1 aromatic heterocycles. The fourth-order valence-corrected chi connectivity index (χ4v) is 5.77. The molecule has 0 aliphatic heterocycles. The molecule has 180 valence electrons. The highest BCUT2D eigenvalue weighted by Gasteiger charge is 2.23. The summed E-state index contributed by atoms with van der Waals surface area (Å²) in [6.07, 6.45) is 0. The molecule has 9 heteroatoms. The Bertz CT molecular complexity index is 1350. The number of carbonyl (C=O) groups is 1. The van der Waals surface area contributed by atoms with Gasteiger partial charge in [-0.25, -0.2) is 8.42 Å². The fraction of sp³-hybridized carbons (Fsp3) is 0.192. The number of aromatic nitrogens is 3. The van der Waals surface area contributed by atoms with E-state index in [1.54, 1.807) is 33.7 Å². The van der Waals surface area contributed by atoms with Crippen LogP contribution in [0, 0.1) is 6.92 Å². The first-order valence-electron chi connectivity index (χ1n) is 11.2. The molecule has 0 saturated heterocycles. The summed E-state index contributed by atoms with van der Waals surface area (Å²) in [6, 6.07) is 25.7. The van der Waals surface area contributed by atoms with Crippen molar-refractivity contribution >= 4 is 38.9 Å². The molecule has 1 heterocycles. The van der Waals surface area contributed by atoms with Gasteiger partial charge in [-0.05, 0) is 50.2 Å². The van der Waals surface area contributed by atoms with Crippen molar-refractivity contribution in [3.8, 4) is 0 Å². The van der Waals surface area contributed by atoms with Crippen molar-refractivity contribution in [3.05, 3.63) is 96.3 Å². The van der Waals surface area contributed by atoms with Crippen LogP contribution < -0.4 is 4.90 Å². The van der Waals surface area contributed by atoms with Crippen LogP contribution in [0.3, 0.4) is 0 Å². The van der Waals surface area contributed by atoms with Crippen LogP contribution in [0.1, 0.15) is 18.3 Å². The Hall–Kier alpha value is -3.43. The average molecular weight is 507 g/mol. The van der Waals surface area contributed by atoms with Crippen LogP contribution in [0.2, 0.25) is 0 Å². The molecule has 0 N–H and O–H groups in total. The maximum absolute atomic E-state index is 13.3. The van der Waals surface area contributed by atoms with Gasteiger partial charge in [0, 0.05) is 17.9 Å². The van der Waals surface area contributed by atoms with Crippen molar-refractivity contribution in [1.82, 2.24) is 14.8 Å². The van der Waals surface area contributed by atoms with Crippen LogP contribution in [-0.4, -0.2) is 34.8 Å². The third kappa shape index (κ3) is 5.80. The highest BCUT2D eigenvalue weighted by Crippen LogP contribution is 2.28. The Morgan fingerprint density at radius 1 is 0.886 bits per heavy atom. The summed E-state index contributed by atoms with van der Waals surface area (Å²) in [6.45, 7) is 4.30. The standard InChI is InChI=1S/C26H26N4O3S2/c1-3-29-24(19-35(32,33)23-16-14-20(2)15-17-23)27-28-26(29)34-18-25(31)30(21-10-6-4-7-11-21)22-12-8-5-9-13-22/h4-17H,3,18-19H2,1-2H3. The smallest absolute Gasteiger partial charge is 0.242 e. The number of para-hydroxylation sites is 2. The Morgan fingerprint density at radius 3 is 2.00 bits per heavy atom. The molecule has 0 radical (unpaired) electrons. The molecule has 0 atom stereocenters. The van der Waals surface area contributed by atoms with E-state index in [1.807, 2.05) is 74.5 Å². The van der Waals surface area contributed by atoms with Gasteiger partial charge in [0.2, 0.25) is 5.91 Å². The molecule has 7 nitrogen and oxygen atoms in total. The number of rotatable bonds is 9. The third-order valence-corrected chi connectivity index (χ3v) is 7.99. The summed E-state index contributed by atoms with van der Waals surface area (Å²) in [5, 5.41) is 8.85. The molecular weight excluding hydrogens is 480 g/mol. The molecule has 0 aliphatic rings. The number of carbonyl (C=O) groups excluding carboxylic acids is 1. The van der Waals surface area contributed by atoms with Gasteiger partial charge >= 0.3 is 0 Å². The molecule has 1 amide bonds. The number of benzene rings is 3. The molecule has 0 bridgehead atoms. The lowest BCUT2D eigenvalue weighted by molar-refractivity contribution is -0.115. The van der Waals surface area contributed by atoms with Gasteiger partial charge in [-0.1, -0.05) is 65.9 Å². The molecule has 0 aliphatic carbocycles. The normalized spacial score (nSPS) is 11.4. The van der Waals surface area contributed by atoms with E-state index < -0.39 is 9.84 Å². The number of hydrogen-bond donors (Lipinski definition) is 0. The number of sulfone groups is 1. The molecule has 0 spiro atoms. The largest absolute Gasteiger partial charge is 0.305 e. The van der Waals surface area contributed by atoms with Crippen LogP contribution in [0.5, 0.6) is 0 Å². The molecule has 4 rings (SSSR count). The Morgan fingerprint density at radius 2 is 1.46 bits per heavy atom. The lowest BCUT2D eigenvalue weighted by Crippen LogP contribution is -2.27.